The summed E-state index contributed by atoms with van der Waals surface area (Å²) in [4.78, 5) is 12.4. The van der Waals surface area contributed by atoms with E-state index >= 15 is 0 Å². The van der Waals surface area contributed by atoms with Gasteiger partial charge in [-0.25, -0.2) is 5.43 Å². The maximum atomic E-state index is 12.4. The van der Waals surface area contributed by atoms with Crippen LogP contribution < -0.4 is 10.2 Å². The Kier molecular flexibility index (Phi) is 8.15. The minimum atomic E-state index is -0.262. The maximum Gasteiger partial charge on any atom is 0.250 e. The normalized spacial score (nSPS) is 11.0. The van der Waals surface area contributed by atoms with Crippen LogP contribution in [0.3, 0.4) is 0 Å². The average Bonchev–Trinajstić information content (AvgIpc) is 3.28. The van der Waals surface area contributed by atoms with Gasteiger partial charge >= 0.3 is 0 Å². The highest BCUT2D eigenvalue weighted by atomic mass is 79.9. The third kappa shape index (κ3) is 5.94. The largest absolute Gasteiger partial charge is 0.496 e. The van der Waals surface area contributed by atoms with Crippen LogP contribution in [-0.2, 0) is 4.79 Å². The minimum Gasteiger partial charge on any atom is -0.496 e. The van der Waals surface area contributed by atoms with Gasteiger partial charge in [0.05, 0.1) is 19.1 Å². The minimum absolute atomic E-state index is 0.121. The number of halogens is 2. The predicted molar refractivity (Wildman–Crippen MR) is 142 cm³/mol. The molecule has 34 heavy (non-hydrogen) atoms. The van der Waals surface area contributed by atoms with Crippen LogP contribution in [0.4, 0.5) is 0 Å². The number of nitrogens with one attached hydrogen (secondary N) is 1. The summed E-state index contributed by atoms with van der Waals surface area (Å²) in [5.41, 5.74) is 5.13. The van der Waals surface area contributed by atoms with Crippen molar-refractivity contribution < 1.29 is 9.53 Å². The summed E-state index contributed by atoms with van der Waals surface area (Å²) in [7, 11) is 1.58. The molecule has 0 saturated heterocycles. The molecule has 0 bridgehead atoms. The molecule has 172 valence electrons. The Balaban J connectivity index is 1.50. The molecule has 4 rings (SSSR count). The number of carbonyl (C=O) groups excluding carboxylic acids is 1. The number of nitrogens with zero attached hydrogens (tertiary/aromatic N) is 4. The molecule has 0 radical (unpaired) electrons. The van der Waals surface area contributed by atoms with Crippen LogP contribution in [0.15, 0.2) is 92.0 Å². The monoisotopic (exact) mass is 599 g/mol. The molecule has 1 heterocycles. The Morgan fingerprint density at radius 3 is 2.53 bits per heavy atom. The van der Waals surface area contributed by atoms with Gasteiger partial charge in [-0.1, -0.05) is 74.0 Å². The molecule has 7 nitrogen and oxygen atoms in total. The summed E-state index contributed by atoms with van der Waals surface area (Å²) >= 11 is 8.18. The van der Waals surface area contributed by atoms with Crippen LogP contribution in [0.1, 0.15) is 5.56 Å². The van der Waals surface area contributed by atoms with Crippen LogP contribution in [0.25, 0.3) is 17.1 Å². The predicted octanol–water partition coefficient (Wildman–Crippen LogP) is 5.71. The van der Waals surface area contributed by atoms with Crippen LogP contribution in [0, 0.1) is 0 Å². The molecule has 10 heteroatoms. The van der Waals surface area contributed by atoms with Gasteiger partial charge in [-0.15, -0.1) is 10.2 Å². The number of hydrogen-bond acceptors (Lipinski definition) is 6. The Morgan fingerprint density at radius 1 is 1.06 bits per heavy atom. The van der Waals surface area contributed by atoms with Crippen molar-refractivity contribution in [3.63, 3.8) is 0 Å². The highest BCUT2D eigenvalue weighted by molar-refractivity contribution is 9.10. The Labute approximate surface area is 217 Å². The summed E-state index contributed by atoms with van der Waals surface area (Å²) in [6.45, 7) is 0. The molecule has 0 aliphatic heterocycles. The van der Waals surface area contributed by atoms with E-state index in [1.54, 1.807) is 13.3 Å². The molecule has 0 unspecified atom stereocenters. The van der Waals surface area contributed by atoms with E-state index in [-0.39, 0.29) is 11.7 Å². The molecule has 0 atom stereocenters. The highest BCUT2D eigenvalue weighted by Crippen LogP contribution is 2.28. The maximum absolute atomic E-state index is 12.4. The summed E-state index contributed by atoms with van der Waals surface area (Å²) in [6.07, 6.45) is 1.55. The number of carbonyl (C=O) groups is 1. The van der Waals surface area contributed by atoms with Crippen molar-refractivity contribution in [1.82, 2.24) is 20.2 Å². The summed E-state index contributed by atoms with van der Waals surface area (Å²) in [5.74, 6) is 1.22. The van der Waals surface area contributed by atoms with E-state index in [0.29, 0.717) is 16.7 Å². The zero-order valence-corrected chi connectivity index (χ0v) is 22.0. The molecule has 0 saturated carbocycles. The number of rotatable bonds is 8. The first-order chi connectivity index (χ1) is 16.5. The van der Waals surface area contributed by atoms with Crippen LogP contribution in [0.2, 0.25) is 0 Å². The van der Waals surface area contributed by atoms with Crippen LogP contribution in [-0.4, -0.2) is 39.7 Å². The number of methoxy groups -OCH3 is 1. The van der Waals surface area contributed by atoms with Crippen LogP contribution >= 0.6 is 43.6 Å². The van der Waals surface area contributed by atoms with Gasteiger partial charge in [-0.3, -0.25) is 9.36 Å². The van der Waals surface area contributed by atoms with Gasteiger partial charge in [0.15, 0.2) is 11.0 Å². The topological polar surface area (TPSA) is 81.4 Å². The lowest BCUT2D eigenvalue weighted by Crippen LogP contribution is -2.20. The molecule has 1 amide bonds. The van der Waals surface area contributed by atoms with E-state index in [9.17, 15) is 4.79 Å². The smallest absolute Gasteiger partial charge is 0.250 e. The number of aromatic nitrogens is 3. The fourth-order valence-electron chi connectivity index (χ4n) is 3.10. The summed E-state index contributed by atoms with van der Waals surface area (Å²) in [6, 6.07) is 23.2. The van der Waals surface area contributed by atoms with Gasteiger partial charge in [0.2, 0.25) is 0 Å². The molecule has 3 aromatic carbocycles. The van der Waals surface area contributed by atoms with Gasteiger partial charge in [0.25, 0.3) is 5.91 Å². The first-order valence-electron chi connectivity index (χ1n) is 10.1. The zero-order chi connectivity index (χ0) is 23.9. The number of hydrogen-bond donors (Lipinski definition) is 1. The van der Waals surface area contributed by atoms with E-state index in [1.165, 1.54) is 11.8 Å². The fraction of sp³-hybridized carbons (Fsp3) is 0.0833. The third-order valence-electron chi connectivity index (χ3n) is 4.67. The van der Waals surface area contributed by atoms with E-state index < -0.39 is 0 Å². The number of hydrazone groups is 1. The second-order valence-corrected chi connectivity index (χ2v) is 9.73. The van der Waals surface area contributed by atoms with Crippen molar-refractivity contribution in [2.75, 3.05) is 12.9 Å². The lowest BCUT2D eigenvalue weighted by atomic mass is 10.2. The van der Waals surface area contributed by atoms with Crippen molar-refractivity contribution >= 4 is 55.7 Å². The number of thioether (sulfide) groups is 1. The SMILES string of the molecule is COc1ccc(Br)cc1C=NNC(=O)CSc1nnc(-c2ccccc2)n1-c1ccc(Br)cc1. The summed E-state index contributed by atoms with van der Waals surface area (Å²) in [5, 5.41) is 13.4. The van der Waals surface area contributed by atoms with E-state index in [0.717, 1.165) is 25.8 Å². The lowest BCUT2D eigenvalue weighted by Gasteiger charge is -2.10. The van der Waals surface area contributed by atoms with Gasteiger partial charge < -0.3 is 4.74 Å². The molecular weight excluding hydrogens is 582 g/mol. The van der Waals surface area contributed by atoms with E-state index in [1.807, 2.05) is 77.4 Å². The molecule has 0 aliphatic rings. The van der Waals surface area contributed by atoms with Crippen molar-refractivity contribution in [1.29, 1.82) is 0 Å². The molecule has 0 fully saturated rings. The van der Waals surface area contributed by atoms with Crippen molar-refractivity contribution in [2.24, 2.45) is 5.10 Å². The lowest BCUT2D eigenvalue weighted by molar-refractivity contribution is -0.118. The first-order valence-corrected chi connectivity index (χ1v) is 12.7. The van der Waals surface area contributed by atoms with Gasteiger partial charge in [0, 0.05) is 25.8 Å². The Bertz CT molecular complexity index is 1310. The second kappa shape index (κ2) is 11.5. The van der Waals surface area contributed by atoms with Gasteiger partial charge in [-0.2, -0.15) is 5.10 Å². The fourth-order valence-corrected chi connectivity index (χ4v) is 4.49. The number of benzene rings is 3. The van der Waals surface area contributed by atoms with Crippen molar-refractivity contribution in [3.05, 3.63) is 87.3 Å². The molecule has 4 aromatic rings. The average molecular weight is 601 g/mol. The number of amides is 1. The third-order valence-corrected chi connectivity index (χ3v) is 6.62. The summed E-state index contributed by atoms with van der Waals surface area (Å²) < 4.78 is 9.11. The zero-order valence-electron chi connectivity index (χ0n) is 18.0. The van der Waals surface area contributed by atoms with E-state index in [2.05, 4.69) is 52.6 Å². The van der Waals surface area contributed by atoms with Gasteiger partial charge in [-0.05, 0) is 42.5 Å². The first kappa shape index (κ1) is 24.2. The standard InChI is InChI=1S/C24H19Br2N5O2S/c1-33-21-12-9-19(26)13-17(21)14-27-28-22(32)15-34-24-30-29-23(16-5-3-2-4-6-16)31(24)20-10-7-18(25)8-11-20/h2-14H,15H2,1H3,(H,28,32). The van der Waals surface area contributed by atoms with Crippen molar-refractivity contribution in [3.8, 4) is 22.8 Å². The van der Waals surface area contributed by atoms with Crippen molar-refractivity contribution in [2.45, 2.75) is 5.16 Å². The number of ether oxygens (including phenoxy) is 1. The molecule has 1 N–H and O–H groups in total. The highest BCUT2D eigenvalue weighted by Gasteiger charge is 2.17. The molecule has 1 aromatic heterocycles. The van der Waals surface area contributed by atoms with Gasteiger partial charge in [0.1, 0.15) is 5.75 Å². The molecule has 0 aliphatic carbocycles. The Morgan fingerprint density at radius 2 is 1.79 bits per heavy atom. The molecule has 0 spiro atoms. The quantitative estimate of drug-likeness (QED) is 0.159. The second-order valence-electron chi connectivity index (χ2n) is 6.95. The Hall–Kier alpha value is -2.95. The van der Waals surface area contributed by atoms with Crippen LogP contribution in [0.5, 0.6) is 5.75 Å². The van der Waals surface area contributed by atoms with E-state index in [4.69, 9.17) is 4.74 Å². The molecular formula is C24H19Br2N5O2S.